The highest BCUT2D eigenvalue weighted by Crippen LogP contribution is 1.96. The van der Waals surface area contributed by atoms with Crippen LogP contribution in [-0.2, 0) is 9.53 Å². The average Bonchev–Trinajstić information content (AvgIpc) is 2.20. The van der Waals surface area contributed by atoms with E-state index in [0.29, 0.717) is 38.5 Å². The SMILES string of the molecule is CC(C)COCCC(=O)N(C)CCC#N. The Hall–Kier alpha value is -1.08. The first-order valence-corrected chi connectivity index (χ1v) is 5.26. The summed E-state index contributed by atoms with van der Waals surface area (Å²) in [6.45, 7) is 5.80. The smallest absolute Gasteiger partial charge is 0.224 e. The van der Waals surface area contributed by atoms with Gasteiger partial charge in [-0.05, 0) is 5.92 Å². The van der Waals surface area contributed by atoms with E-state index in [-0.39, 0.29) is 5.91 Å². The standard InChI is InChI=1S/C11H20N2O2/c1-10(2)9-15-8-5-11(14)13(3)7-4-6-12/h10H,4-5,7-9H2,1-3H3. The number of carbonyl (C=O) groups excluding carboxylic acids is 1. The van der Waals surface area contributed by atoms with Gasteiger partial charge in [-0.3, -0.25) is 4.79 Å². The Morgan fingerprint density at radius 3 is 2.73 bits per heavy atom. The number of ether oxygens (including phenoxy) is 1. The van der Waals surface area contributed by atoms with Gasteiger partial charge in [0.25, 0.3) is 0 Å². The number of hydrogen-bond donors (Lipinski definition) is 0. The van der Waals surface area contributed by atoms with E-state index < -0.39 is 0 Å². The molecule has 0 aromatic carbocycles. The molecular weight excluding hydrogens is 192 g/mol. The molecule has 1 amide bonds. The molecule has 0 aromatic heterocycles. The van der Waals surface area contributed by atoms with Crippen molar-refractivity contribution in [1.29, 1.82) is 5.26 Å². The molecule has 0 radical (unpaired) electrons. The van der Waals surface area contributed by atoms with Gasteiger partial charge in [0, 0.05) is 20.2 Å². The van der Waals surface area contributed by atoms with Crippen LogP contribution in [0.3, 0.4) is 0 Å². The molecule has 0 aliphatic carbocycles. The minimum atomic E-state index is 0.0361. The van der Waals surface area contributed by atoms with Gasteiger partial charge in [0.15, 0.2) is 0 Å². The molecule has 0 atom stereocenters. The van der Waals surface area contributed by atoms with Crippen LogP contribution in [0.1, 0.15) is 26.7 Å². The van der Waals surface area contributed by atoms with Crippen LogP contribution < -0.4 is 0 Å². The molecule has 0 bridgehead atoms. The Morgan fingerprint density at radius 1 is 1.53 bits per heavy atom. The number of hydrogen-bond acceptors (Lipinski definition) is 3. The normalized spacial score (nSPS) is 10.1. The van der Waals surface area contributed by atoms with Crippen LogP contribution in [0.5, 0.6) is 0 Å². The lowest BCUT2D eigenvalue weighted by Crippen LogP contribution is -2.28. The first-order valence-electron chi connectivity index (χ1n) is 5.26. The molecule has 0 fully saturated rings. The van der Waals surface area contributed by atoms with E-state index in [1.165, 1.54) is 0 Å². The van der Waals surface area contributed by atoms with Crippen LogP contribution in [0.2, 0.25) is 0 Å². The summed E-state index contributed by atoms with van der Waals surface area (Å²) in [5.41, 5.74) is 0. The molecular formula is C11H20N2O2. The minimum Gasteiger partial charge on any atom is -0.381 e. The molecule has 0 saturated carbocycles. The monoisotopic (exact) mass is 212 g/mol. The summed E-state index contributed by atoms with van der Waals surface area (Å²) in [7, 11) is 1.71. The third-order valence-electron chi connectivity index (χ3n) is 1.90. The molecule has 0 N–H and O–H groups in total. The number of rotatable bonds is 7. The fraction of sp³-hybridized carbons (Fsp3) is 0.818. The Morgan fingerprint density at radius 2 is 2.20 bits per heavy atom. The van der Waals surface area contributed by atoms with Crippen molar-refractivity contribution >= 4 is 5.91 Å². The van der Waals surface area contributed by atoms with E-state index >= 15 is 0 Å². The summed E-state index contributed by atoms with van der Waals surface area (Å²) < 4.78 is 5.31. The first-order chi connectivity index (χ1) is 7.07. The topological polar surface area (TPSA) is 53.3 Å². The van der Waals surface area contributed by atoms with E-state index in [1.54, 1.807) is 11.9 Å². The van der Waals surface area contributed by atoms with Crippen molar-refractivity contribution in [2.45, 2.75) is 26.7 Å². The molecule has 0 heterocycles. The zero-order valence-electron chi connectivity index (χ0n) is 9.82. The highest BCUT2D eigenvalue weighted by atomic mass is 16.5. The molecule has 15 heavy (non-hydrogen) atoms. The largest absolute Gasteiger partial charge is 0.381 e. The predicted octanol–water partition coefficient (Wildman–Crippen LogP) is 1.42. The van der Waals surface area contributed by atoms with Crippen molar-refractivity contribution in [2.24, 2.45) is 5.92 Å². The molecule has 0 unspecified atom stereocenters. The Labute approximate surface area is 91.8 Å². The van der Waals surface area contributed by atoms with Crippen molar-refractivity contribution in [3.05, 3.63) is 0 Å². The van der Waals surface area contributed by atoms with Crippen molar-refractivity contribution in [1.82, 2.24) is 4.90 Å². The Bertz CT molecular complexity index is 221. The molecule has 0 saturated heterocycles. The maximum absolute atomic E-state index is 11.4. The molecule has 86 valence electrons. The van der Waals surface area contributed by atoms with E-state index in [0.717, 1.165) is 0 Å². The molecule has 0 aliphatic rings. The second kappa shape index (κ2) is 8.25. The molecule has 4 nitrogen and oxygen atoms in total. The summed E-state index contributed by atoms with van der Waals surface area (Å²) in [5, 5.41) is 8.36. The van der Waals surface area contributed by atoms with Gasteiger partial charge in [0.2, 0.25) is 5.91 Å². The number of nitrogens with zero attached hydrogens (tertiary/aromatic N) is 2. The predicted molar refractivity (Wildman–Crippen MR) is 58.1 cm³/mol. The third-order valence-corrected chi connectivity index (χ3v) is 1.90. The van der Waals surface area contributed by atoms with E-state index in [2.05, 4.69) is 13.8 Å². The summed E-state index contributed by atoms with van der Waals surface area (Å²) in [6, 6.07) is 2.01. The zero-order valence-corrected chi connectivity index (χ0v) is 9.82. The maximum Gasteiger partial charge on any atom is 0.224 e. The quantitative estimate of drug-likeness (QED) is 0.600. The molecule has 0 spiro atoms. The summed E-state index contributed by atoms with van der Waals surface area (Å²) in [6.07, 6.45) is 0.781. The van der Waals surface area contributed by atoms with Crippen LogP contribution in [0, 0.1) is 17.2 Å². The lowest BCUT2D eigenvalue weighted by molar-refractivity contribution is -0.131. The minimum absolute atomic E-state index is 0.0361. The van der Waals surface area contributed by atoms with Crippen LogP contribution >= 0.6 is 0 Å². The van der Waals surface area contributed by atoms with Crippen molar-refractivity contribution in [3.8, 4) is 6.07 Å². The van der Waals surface area contributed by atoms with Gasteiger partial charge in [0.1, 0.15) is 0 Å². The third kappa shape index (κ3) is 7.95. The van der Waals surface area contributed by atoms with Crippen molar-refractivity contribution in [2.75, 3.05) is 26.8 Å². The van der Waals surface area contributed by atoms with Gasteiger partial charge in [-0.25, -0.2) is 0 Å². The van der Waals surface area contributed by atoms with Crippen molar-refractivity contribution < 1.29 is 9.53 Å². The van der Waals surface area contributed by atoms with Gasteiger partial charge in [-0.2, -0.15) is 5.26 Å². The van der Waals surface area contributed by atoms with Crippen LogP contribution in [0.4, 0.5) is 0 Å². The highest BCUT2D eigenvalue weighted by molar-refractivity contribution is 5.75. The fourth-order valence-electron chi connectivity index (χ4n) is 1.01. The molecule has 4 heteroatoms. The average molecular weight is 212 g/mol. The fourth-order valence-corrected chi connectivity index (χ4v) is 1.01. The summed E-state index contributed by atoms with van der Waals surface area (Å²) in [4.78, 5) is 13.0. The zero-order chi connectivity index (χ0) is 11.7. The first kappa shape index (κ1) is 13.9. The number of nitriles is 1. The highest BCUT2D eigenvalue weighted by Gasteiger charge is 2.07. The summed E-state index contributed by atoms with van der Waals surface area (Å²) >= 11 is 0. The Balaban J connectivity index is 3.52. The summed E-state index contributed by atoms with van der Waals surface area (Å²) in [5.74, 6) is 0.533. The molecule has 0 aromatic rings. The lowest BCUT2D eigenvalue weighted by Gasteiger charge is -2.15. The second-order valence-electron chi connectivity index (χ2n) is 3.94. The van der Waals surface area contributed by atoms with Crippen molar-refractivity contribution in [3.63, 3.8) is 0 Å². The van der Waals surface area contributed by atoms with Gasteiger partial charge in [-0.15, -0.1) is 0 Å². The van der Waals surface area contributed by atoms with Gasteiger partial charge < -0.3 is 9.64 Å². The van der Waals surface area contributed by atoms with Gasteiger partial charge >= 0.3 is 0 Å². The van der Waals surface area contributed by atoms with E-state index in [9.17, 15) is 4.79 Å². The van der Waals surface area contributed by atoms with Gasteiger partial charge in [-0.1, -0.05) is 13.8 Å². The van der Waals surface area contributed by atoms with Crippen LogP contribution in [-0.4, -0.2) is 37.6 Å². The number of carbonyl (C=O) groups is 1. The van der Waals surface area contributed by atoms with E-state index in [4.69, 9.17) is 10.00 Å². The van der Waals surface area contributed by atoms with Gasteiger partial charge in [0.05, 0.1) is 25.5 Å². The van der Waals surface area contributed by atoms with E-state index in [1.807, 2.05) is 6.07 Å². The van der Waals surface area contributed by atoms with Crippen LogP contribution in [0.25, 0.3) is 0 Å². The molecule has 0 aliphatic heterocycles. The number of amides is 1. The molecule has 0 rings (SSSR count). The second-order valence-corrected chi connectivity index (χ2v) is 3.94. The van der Waals surface area contributed by atoms with Crippen LogP contribution in [0.15, 0.2) is 0 Å². The maximum atomic E-state index is 11.4. The lowest BCUT2D eigenvalue weighted by atomic mass is 10.2. The Kier molecular flexibility index (Phi) is 7.65.